The standard InChI is InChI=1S/C24H42O20/c1-5-9(28)12(31)17(36)22(39-5)44-24(20-15(34)13(32)10(29)6(2-25)40-20)18(37)8(4-27)42-23(19(24)38)43-21-16(35)14(33)11(30)7(3-26)41-21/h5-23,25-38H,2-4H2,1H3/t5-,6+,7+,8+,9-,10+,11+,12+,13-,14-,15+,16+,17+,18+,19-,20+,21+,22-,23+,24-/m0/s1/i36+0. The van der Waals surface area contributed by atoms with Crippen LogP contribution < -0.4 is 0 Å². The van der Waals surface area contributed by atoms with Gasteiger partial charge >= 0.3 is 0 Å². The fraction of sp³-hybridized carbons (Fsp3) is 1.00. The van der Waals surface area contributed by atoms with Gasteiger partial charge in [0.05, 0.1) is 25.9 Å². The lowest BCUT2D eigenvalue weighted by Crippen LogP contribution is -2.80. The van der Waals surface area contributed by atoms with Crippen LogP contribution in [0, 0.1) is 0 Å². The van der Waals surface area contributed by atoms with Crippen LogP contribution in [0.25, 0.3) is 0 Å². The molecule has 4 aliphatic heterocycles. The maximum Gasteiger partial charge on any atom is 0.190 e. The minimum absolute atomic E-state index is 0.863. The second-order valence-corrected chi connectivity index (χ2v) is 11.4. The SMILES string of the molecule is C[C@@H]1O[C@@H](O[C@@]2([C@@H]3O[C@H](CO)[C@@H](O)[C@H](O)[C@H]3O)[C@H](O)[C@@H](CO)O[C@H](O[C@H]3O[C@H](CO)[C@@H](O)[C@H](O)[C@H]3O)[C@@H]2O)[C@H]([16OH])[C@H](O)[C@H]1O. The van der Waals surface area contributed by atoms with Gasteiger partial charge in [-0.05, 0) is 6.92 Å². The Balaban J connectivity index is 1.79. The van der Waals surface area contributed by atoms with Crippen molar-refractivity contribution >= 4 is 0 Å². The molecule has 14 N–H and O–H groups in total. The summed E-state index contributed by atoms with van der Waals surface area (Å²) in [5.41, 5.74) is -2.94. The molecule has 0 unspecified atom stereocenters. The Bertz CT molecular complexity index is 928. The van der Waals surface area contributed by atoms with Gasteiger partial charge in [0.25, 0.3) is 0 Å². The molecule has 4 fully saturated rings. The third kappa shape index (κ3) is 6.13. The molecule has 0 spiro atoms. The molecule has 4 aliphatic rings. The van der Waals surface area contributed by atoms with Crippen molar-refractivity contribution in [3.63, 3.8) is 0 Å². The normalized spacial score (nSPS) is 55.6. The van der Waals surface area contributed by atoms with Crippen molar-refractivity contribution in [3.8, 4) is 0 Å². The summed E-state index contributed by atoms with van der Waals surface area (Å²) in [7, 11) is 0. The van der Waals surface area contributed by atoms with Crippen molar-refractivity contribution < 1.29 is 99.9 Å². The molecule has 4 rings (SSSR count). The van der Waals surface area contributed by atoms with Crippen LogP contribution in [0.2, 0.25) is 0 Å². The number of aliphatic hydroxyl groups excluding tert-OH is 14. The number of hydrogen-bond donors (Lipinski definition) is 14. The van der Waals surface area contributed by atoms with E-state index < -0.39 is 142 Å². The first-order valence-electron chi connectivity index (χ1n) is 13.9. The number of hydrogen-bond acceptors (Lipinski definition) is 20. The summed E-state index contributed by atoms with van der Waals surface area (Å²) in [6.45, 7) is -1.64. The van der Waals surface area contributed by atoms with Gasteiger partial charge in [0.2, 0.25) is 0 Å². The first-order valence-corrected chi connectivity index (χ1v) is 13.9. The van der Waals surface area contributed by atoms with E-state index in [1.54, 1.807) is 0 Å². The van der Waals surface area contributed by atoms with E-state index in [-0.39, 0.29) is 0 Å². The molecule has 0 bridgehead atoms. The van der Waals surface area contributed by atoms with E-state index >= 15 is 0 Å². The predicted octanol–water partition coefficient (Wildman–Crippen LogP) is -9.33. The second kappa shape index (κ2) is 14.1. The summed E-state index contributed by atoms with van der Waals surface area (Å²) < 4.78 is 33.2. The van der Waals surface area contributed by atoms with E-state index in [1.807, 2.05) is 0 Å². The summed E-state index contributed by atoms with van der Waals surface area (Å²) in [6.07, 6.45) is -37.1. The molecule has 0 amide bonds. The topological polar surface area (TPSA) is 339 Å². The second-order valence-electron chi connectivity index (χ2n) is 11.4. The molecule has 0 aliphatic carbocycles. The Morgan fingerprint density at radius 3 is 1.52 bits per heavy atom. The van der Waals surface area contributed by atoms with Crippen molar-refractivity contribution in [1.29, 1.82) is 0 Å². The van der Waals surface area contributed by atoms with Crippen LogP contribution in [0.3, 0.4) is 0 Å². The molecule has 4 saturated heterocycles. The number of rotatable bonds is 8. The van der Waals surface area contributed by atoms with Crippen molar-refractivity contribution in [2.75, 3.05) is 19.8 Å². The highest BCUT2D eigenvalue weighted by atomic mass is 16.8. The number of aliphatic hydroxyl groups is 14. The molecule has 0 aromatic rings. The summed E-state index contributed by atoms with van der Waals surface area (Å²) in [5, 5.41) is 147. The lowest BCUT2D eigenvalue weighted by molar-refractivity contribution is -0.436. The molecule has 4 heterocycles. The Hall–Kier alpha value is -0.800. The molecular weight excluding hydrogens is 608 g/mol. The third-order valence-electron chi connectivity index (χ3n) is 8.61. The van der Waals surface area contributed by atoms with E-state index in [4.69, 9.17) is 28.4 Å². The maximum absolute atomic E-state index is 11.7. The van der Waals surface area contributed by atoms with Gasteiger partial charge in [-0.3, -0.25) is 0 Å². The fourth-order valence-electron chi connectivity index (χ4n) is 5.89. The first kappa shape index (κ1) is 36.0. The fourth-order valence-corrected chi connectivity index (χ4v) is 5.89. The molecule has 258 valence electrons. The zero-order valence-electron chi connectivity index (χ0n) is 23.3. The van der Waals surface area contributed by atoms with E-state index in [0.29, 0.717) is 0 Å². The van der Waals surface area contributed by atoms with Crippen LogP contribution in [0.4, 0.5) is 0 Å². The monoisotopic (exact) mass is 650 g/mol. The lowest BCUT2D eigenvalue weighted by atomic mass is 9.74. The van der Waals surface area contributed by atoms with Crippen LogP contribution >= 0.6 is 0 Å². The van der Waals surface area contributed by atoms with Gasteiger partial charge < -0.3 is 99.9 Å². The van der Waals surface area contributed by atoms with Gasteiger partial charge in [0.15, 0.2) is 24.5 Å². The van der Waals surface area contributed by atoms with Crippen molar-refractivity contribution in [2.24, 2.45) is 0 Å². The quantitative estimate of drug-likeness (QED) is 0.116. The Kier molecular flexibility index (Phi) is 11.6. The molecule has 20 nitrogen and oxygen atoms in total. The average molecular weight is 651 g/mol. The van der Waals surface area contributed by atoms with Crippen LogP contribution in [-0.2, 0) is 28.4 Å². The average Bonchev–Trinajstić information content (AvgIpc) is 3.01. The third-order valence-corrected chi connectivity index (χ3v) is 8.61. The van der Waals surface area contributed by atoms with E-state index in [2.05, 4.69) is 0 Å². The summed E-state index contributed by atoms with van der Waals surface area (Å²) >= 11 is 0. The molecule has 0 radical (unpaired) electrons. The predicted molar refractivity (Wildman–Crippen MR) is 133 cm³/mol. The van der Waals surface area contributed by atoms with Crippen LogP contribution in [-0.4, -0.2) is 213 Å². The minimum atomic E-state index is -2.94. The molecular formula is C24H42O20. The van der Waals surface area contributed by atoms with E-state index in [0.717, 1.165) is 0 Å². The van der Waals surface area contributed by atoms with Crippen molar-refractivity contribution in [2.45, 2.75) is 129 Å². The Morgan fingerprint density at radius 2 is 0.955 bits per heavy atom. The Morgan fingerprint density at radius 1 is 0.477 bits per heavy atom. The van der Waals surface area contributed by atoms with Gasteiger partial charge in [-0.25, -0.2) is 0 Å². The van der Waals surface area contributed by atoms with Gasteiger partial charge in [-0.1, -0.05) is 0 Å². The van der Waals surface area contributed by atoms with E-state index in [9.17, 15) is 71.5 Å². The highest BCUT2D eigenvalue weighted by Crippen LogP contribution is 2.44. The zero-order chi connectivity index (χ0) is 32.8. The maximum atomic E-state index is 11.7. The molecule has 0 saturated carbocycles. The smallest absolute Gasteiger partial charge is 0.190 e. The highest BCUT2D eigenvalue weighted by molar-refractivity contribution is 5.14. The lowest BCUT2D eigenvalue weighted by Gasteiger charge is -2.58. The van der Waals surface area contributed by atoms with Gasteiger partial charge in [0, 0.05) is 0 Å². The summed E-state index contributed by atoms with van der Waals surface area (Å²) in [4.78, 5) is 0. The van der Waals surface area contributed by atoms with Crippen molar-refractivity contribution in [1.82, 2.24) is 0 Å². The van der Waals surface area contributed by atoms with Crippen LogP contribution in [0.1, 0.15) is 6.92 Å². The van der Waals surface area contributed by atoms with Crippen LogP contribution in [0.15, 0.2) is 0 Å². The van der Waals surface area contributed by atoms with Gasteiger partial charge in [-0.2, -0.15) is 0 Å². The number of ether oxygens (including phenoxy) is 6. The molecule has 0 aromatic heterocycles. The first-order chi connectivity index (χ1) is 20.7. The molecule has 20 atom stereocenters. The molecule has 20 heteroatoms. The molecule has 0 aromatic carbocycles. The van der Waals surface area contributed by atoms with E-state index in [1.165, 1.54) is 6.92 Å². The van der Waals surface area contributed by atoms with Gasteiger partial charge in [-0.15, -0.1) is 0 Å². The van der Waals surface area contributed by atoms with Crippen LogP contribution in [0.5, 0.6) is 0 Å². The summed E-state index contributed by atoms with van der Waals surface area (Å²) in [5.74, 6) is 0. The Labute approximate surface area is 249 Å². The summed E-state index contributed by atoms with van der Waals surface area (Å²) in [6, 6.07) is 0. The highest BCUT2D eigenvalue weighted by Gasteiger charge is 2.68. The zero-order valence-corrected chi connectivity index (χ0v) is 23.3. The van der Waals surface area contributed by atoms with Crippen molar-refractivity contribution in [3.05, 3.63) is 0 Å². The van der Waals surface area contributed by atoms with Gasteiger partial charge in [0.1, 0.15) is 91.6 Å². The largest absolute Gasteiger partial charge is 0.394 e. The molecule has 44 heavy (non-hydrogen) atoms. The minimum Gasteiger partial charge on any atom is -0.394 e.